The Kier molecular flexibility index (Phi) is 4.55. The number of carbonyl (C=O) groups is 1. The Labute approximate surface area is 126 Å². The number of nitrogens with zero attached hydrogens (tertiary/aromatic N) is 3. The largest absolute Gasteiger partial charge is 0.297 e. The highest BCUT2D eigenvalue weighted by Gasteiger charge is 2.42. The second kappa shape index (κ2) is 5.86. The van der Waals surface area contributed by atoms with Crippen LogP contribution < -0.4 is 0 Å². The summed E-state index contributed by atoms with van der Waals surface area (Å²) in [7, 11) is 5.88. The first-order chi connectivity index (χ1) is 9.42. The van der Waals surface area contributed by atoms with Gasteiger partial charge in [0.1, 0.15) is 0 Å². The van der Waals surface area contributed by atoms with Crippen LogP contribution in [0.15, 0.2) is 0 Å². The number of aromatic nitrogens is 2. The molecular formula is C15H24ClN3O. The zero-order chi connectivity index (χ0) is 14.9. The Morgan fingerprint density at radius 1 is 1.40 bits per heavy atom. The maximum absolute atomic E-state index is 12.8. The van der Waals surface area contributed by atoms with Crippen molar-refractivity contribution in [2.75, 3.05) is 14.1 Å². The van der Waals surface area contributed by atoms with Gasteiger partial charge in [-0.2, -0.15) is 5.10 Å². The molecule has 1 heterocycles. The normalized spacial score (nSPS) is 17.9. The quantitative estimate of drug-likeness (QED) is 0.838. The summed E-state index contributed by atoms with van der Waals surface area (Å²) < 4.78 is 1.76. The molecule has 1 aromatic heterocycles. The summed E-state index contributed by atoms with van der Waals surface area (Å²) in [5.74, 6) is 0.271. The van der Waals surface area contributed by atoms with Gasteiger partial charge in [-0.3, -0.25) is 14.4 Å². The highest BCUT2D eigenvalue weighted by molar-refractivity contribution is 6.32. The molecule has 1 saturated carbocycles. The molecule has 0 N–H and O–H groups in total. The number of rotatable bonds is 5. The van der Waals surface area contributed by atoms with Crippen molar-refractivity contribution in [2.45, 2.75) is 51.0 Å². The molecule has 5 heteroatoms. The maximum atomic E-state index is 12.8. The first-order valence-electron chi connectivity index (χ1n) is 7.33. The number of hydrogen-bond donors (Lipinski definition) is 0. The summed E-state index contributed by atoms with van der Waals surface area (Å²) in [6, 6.07) is 0. The molecule has 0 atom stereocenters. The van der Waals surface area contributed by atoms with Crippen LogP contribution in [0.2, 0.25) is 5.02 Å². The van der Waals surface area contributed by atoms with Crippen molar-refractivity contribution in [1.82, 2.24) is 14.7 Å². The third-order valence-electron chi connectivity index (χ3n) is 4.64. The lowest BCUT2D eigenvalue weighted by Gasteiger charge is -2.34. The van der Waals surface area contributed by atoms with Crippen LogP contribution >= 0.6 is 11.6 Å². The standard InChI is InChI=1S/C15H24ClN3O/c1-5-11-14(16)12(19(4)17-11)10-13(20)15(18(2)3)8-6-7-9-15/h5-10H2,1-4H3. The molecule has 1 aliphatic carbocycles. The number of aryl methyl sites for hydroxylation is 2. The number of Topliss-reactive ketones (excluding diaryl/α,β-unsaturated/α-hetero) is 1. The summed E-state index contributed by atoms with van der Waals surface area (Å²) in [6.45, 7) is 2.03. The van der Waals surface area contributed by atoms with Crippen LogP contribution in [0, 0.1) is 0 Å². The predicted octanol–water partition coefficient (Wildman–Crippen LogP) is 2.62. The maximum Gasteiger partial charge on any atom is 0.159 e. The van der Waals surface area contributed by atoms with Gasteiger partial charge in [0, 0.05) is 7.05 Å². The molecule has 0 aromatic carbocycles. The fourth-order valence-corrected chi connectivity index (χ4v) is 3.62. The molecule has 20 heavy (non-hydrogen) atoms. The Morgan fingerprint density at radius 2 is 2.00 bits per heavy atom. The van der Waals surface area contributed by atoms with Gasteiger partial charge in [-0.25, -0.2) is 0 Å². The minimum absolute atomic E-state index is 0.271. The highest BCUT2D eigenvalue weighted by atomic mass is 35.5. The third kappa shape index (κ3) is 2.51. The number of carbonyl (C=O) groups excluding carboxylic acids is 1. The van der Waals surface area contributed by atoms with E-state index >= 15 is 0 Å². The van der Waals surface area contributed by atoms with Gasteiger partial charge in [0.2, 0.25) is 0 Å². The number of ketones is 1. The lowest BCUT2D eigenvalue weighted by atomic mass is 9.88. The third-order valence-corrected chi connectivity index (χ3v) is 5.07. The topological polar surface area (TPSA) is 38.1 Å². The van der Waals surface area contributed by atoms with Gasteiger partial charge in [-0.1, -0.05) is 31.4 Å². The SMILES string of the molecule is CCc1nn(C)c(CC(=O)C2(N(C)C)CCCC2)c1Cl. The van der Waals surface area contributed by atoms with Crippen LogP contribution in [-0.2, 0) is 24.7 Å². The Balaban J connectivity index is 2.25. The highest BCUT2D eigenvalue weighted by Crippen LogP contribution is 2.36. The van der Waals surface area contributed by atoms with E-state index in [0.29, 0.717) is 11.4 Å². The van der Waals surface area contributed by atoms with E-state index in [1.807, 2.05) is 28.1 Å². The summed E-state index contributed by atoms with van der Waals surface area (Å²) in [5.41, 5.74) is 1.42. The summed E-state index contributed by atoms with van der Waals surface area (Å²) >= 11 is 6.36. The van der Waals surface area contributed by atoms with Crippen molar-refractivity contribution < 1.29 is 4.79 Å². The first-order valence-corrected chi connectivity index (χ1v) is 7.71. The van der Waals surface area contributed by atoms with Crippen molar-refractivity contribution in [3.05, 3.63) is 16.4 Å². The average molecular weight is 298 g/mol. The molecule has 1 aromatic rings. The van der Waals surface area contributed by atoms with E-state index in [-0.39, 0.29) is 11.3 Å². The molecule has 0 spiro atoms. The average Bonchev–Trinajstić information content (AvgIpc) is 2.99. The number of likely N-dealkylation sites (N-methyl/N-ethyl adjacent to an activating group) is 1. The molecular weight excluding hydrogens is 274 g/mol. The monoisotopic (exact) mass is 297 g/mol. The van der Waals surface area contributed by atoms with Crippen molar-refractivity contribution in [3.63, 3.8) is 0 Å². The Hall–Kier alpha value is -0.870. The van der Waals surface area contributed by atoms with Crippen LogP contribution in [0.3, 0.4) is 0 Å². The zero-order valence-electron chi connectivity index (χ0n) is 12.9. The van der Waals surface area contributed by atoms with E-state index in [9.17, 15) is 4.79 Å². The summed E-state index contributed by atoms with van der Waals surface area (Å²) in [4.78, 5) is 14.9. The van der Waals surface area contributed by atoms with E-state index in [0.717, 1.165) is 43.5 Å². The molecule has 2 rings (SSSR count). The smallest absolute Gasteiger partial charge is 0.159 e. The van der Waals surface area contributed by atoms with Gasteiger partial charge in [0.15, 0.2) is 5.78 Å². The second-order valence-electron chi connectivity index (χ2n) is 5.92. The van der Waals surface area contributed by atoms with Crippen LogP contribution in [0.5, 0.6) is 0 Å². The fraction of sp³-hybridized carbons (Fsp3) is 0.733. The summed E-state index contributed by atoms with van der Waals surface area (Å²) in [5, 5.41) is 5.06. The molecule has 112 valence electrons. The van der Waals surface area contributed by atoms with Crippen LogP contribution in [-0.4, -0.2) is 40.1 Å². The second-order valence-corrected chi connectivity index (χ2v) is 6.30. The zero-order valence-corrected chi connectivity index (χ0v) is 13.6. The van der Waals surface area contributed by atoms with Gasteiger partial charge >= 0.3 is 0 Å². The van der Waals surface area contributed by atoms with E-state index in [2.05, 4.69) is 10.00 Å². The van der Waals surface area contributed by atoms with Gasteiger partial charge in [-0.15, -0.1) is 0 Å². The molecule has 0 radical (unpaired) electrons. The van der Waals surface area contributed by atoms with Crippen molar-refractivity contribution in [3.8, 4) is 0 Å². The Bertz CT molecular complexity index is 501. The van der Waals surface area contributed by atoms with Crippen molar-refractivity contribution in [2.24, 2.45) is 7.05 Å². The Morgan fingerprint density at radius 3 is 2.45 bits per heavy atom. The minimum atomic E-state index is -0.306. The number of halogens is 1. The van der Waals surface area contributed by atoms with Crippen molar-refractivity contribution >= 4 is 17.4 Å². The molecule has 0 saturated heterocycles. The van der Waals surface area contributed by atoms with E-state index in [1.54, 1.807) is 4.68 Å². The molecule has 0 bridgehead atoms. The van der Waals surface area contributed by atoms with E-state index < -0.39 is 0 Å². The molecule has 0 amide bonds. The first kappa shape index (κ1) is 15.5. The molecule has 1 fully saturated rings. The van der Waals surface area contributed by atoms with Gasteiger partial charge in [-0.05, 0) is 33.4 Å². The van der Waals surface area contributed by atoms with Crippen LogP contribution in [0.4, 0.5) is 0 Å². The van der Waals surface area contributed by atoms with E-state index in [1.165, 1.54) is 0 Å². The number of hydrogen-bond acceptors (Lipinski definition) is 3. The predicted molar refractivity (Wildman–Crippen MR) is 81.2 cm³/mol. The molecule has 0 unspecified atom stereocenters. The van der Waals surface area contributed by atoms with Crippen LogP contribution in [0.1, 0.15) is 44.0 Å². The lowest BCUT2D eigenvalue weighted by molar-refractivity contribution is -0.129. The van der Waals surface area contributed by atoms with Crippen LogP contribution in [0.25, 0.3) is 0 Å². The molecule has 1 aliphatic rings. The fourth-order valence-electron chi connectivity index (χ4n) is 3.26. The molecule has 4 nitrogen and oxygen atoms in total. The van der Waals surface area contributed by atoms with Gasteiger partial charge in [0.05, 0.1) is 28.4 Å². The molecule has 0 aliphatic heterocycles. The van der Waals surface area contributed by atoms with Gasteiger partial charge in [0.25, 0.3) is 0 Å². The lowest BCUT2D eigenvalue weighted by Crippen LogP contribution is -2.49. The van der Waals surface area contributed by atoms with Crippen molar-refractivity contribution in [1.29, 1.82) is 0 Å². The minimum Gasteiger partial charge on any atom is -0.297 e. The van der Waals surface area contributed by atoms with E-state index in [4.69, 9.17) is 11.6 Å². The van der Waals surface area contributed by atoms with Gasteiger partial charge < -0.3 is 0 Å². The summed E-state index contributed by atoms with van der Waals surface area (Å²) in [6.07, 6.45) is 5.33.